The fourth-order valence-corrected chi connectivity index (χ4v) is 3.07. The first kappa shape index (κ1) is 22.7. The maximum Gasteiger partial charge on any atom is 0.266 e. The summed E-state index contributed by atoms with van der Waals surface area (Å²) in [4.78, 5) is 35.7. The van der Waals surface area contributed by atoms with Crippen LogP contribution in [-0.2, 0) is 11.3 Å². The number of Topliss-reactive ketones (excluding diaryl/α,β-unsaturated/α-hetero) is 1. The van der Waals surface area contributed by atoms with E-state index in [-0.39, 0.29) is 36.9 Å². The van der Waals surface area contributed by atoms with E-state index in [4.69, 9.17) is 9.47 Å². The number of nitrogens with one attached hydrogen (secondary N) is 1. The van der Waals surface area contributed by atoms with Crippen LogP contribution < -0.4 is 20.3 Å². The fraction of sp³-hybridized carbons (Fsp3) is 0.318. The monoisotopic (exact) mass is 439 g/mol. The van der Waals surface area contributed by atoms with Crippen molar-refractivity contribution >= 4 is 11.7 Å². The molecular weight excluding hydrogens is 414 g/mol. The Balaban J connectivity index is 1.56. The highest BCUT2D eigenvalue weighted by atomic mass is 16.5. The molecule has 10 heteroatoms. The fourth-order valence-electron chi connectivity index (χ4n) is 3.07. The Labute approximate surface area is 184 Å². The van der Waals surface area contributed by atoms with E-state index in [1.165, 1.54) is 24.8 Å². The lowest BCUT2D eigenvalue weighted by Gasteiger charge is -2.12. The van der Waals surface area contributed by atoms with Crippen molar-refractivity contribution in [1.82, 2.24) is 24.9 Å². The second-order valence-corrected chi connectivity index (χ2v) is 7.15. The van der Waals surface area contributed by atoms with Gasteiger partial charge in [0, 0.05) is 23.9 Å². The molecule has 0 saturated carbocycles. The van der Waals surface area contributed by atoms with E-state index < -0.39 is 0 Å². The Kier molecular flexibility index (Phi) is 7.04. The number of methoxy groups -OCH3 is 1. The second-order valence-electron chi connectivity index (χ2n) is 7.15. The van der Waals surface area contributed by atoms with Gasteiger partial charge in [-0.05, 0) is 51.1 Å². The summed E-state index contributed by atoms with van der Waals surface area (Å²) in [5.41, 5.74) is 1.95. The molecule has 0 radical (unpaired) electrons. The Morgan fingerprint density at radius 3 is 2.50 bits per heavy atom. The van der Waals surface area contributed by atoms with Gasteiger partial charge in [-0.2, -0.15) is 5.10 Å². The number of aromatic nitrogens is 4. The molecule has 168 valence electrons. The lowest BCUT2D eigenvalue weighted by atomic mass is 10.1. The van der Waals surface area contributed by atoms with Crippen molar-refractivity contribution < 1.29 is 19.1 Å². The lowest BCUT2D eigenvalue weighted by Crippen LogP contribution is -2.34. The van der Waals surface area contributed by atoms with Crippen molar-refractivity contribution in [1.29, 1.82) is 0 Å². The molecular formula is C22H25N5O5. The van der Waals surface area contributed by atoms with Crippen LogP contribution >= 0.6 is 0 Å². The molecule has 10 nitrogen and oxygen atoms in total. The van der Waals surface area contributed by atoms with Crippen molar-refractivity contribution in [2.24, 2.45) is 0 Å². The predicted octanol–water partition coefficient (Wildman–Crippen LogP) is 1.45. The highest BCUT2D eigenvalue weighted by Crippen LogP contribution is 2.28. The number of hydrogen-bond acceptors (Lipinski definition) is 7. The maximum absolute atomic E-state index is 12.1. The highest BCUT2D eigenvalue weighted by molar-refractivity contribution is 5.94. The van der Waals surface area contributed by atoms with Gasteiger partial charge >= 0.3 is 0 Å². The SMILES string of the molecule is COc1cc(C(C)=O)ccc1OCC(=O)NCCn1nc(-n2nc(C)cc2C)ccc1=O. The third kappa shape index (κ3) is 5.39. The van der Waals surface area contributed by atoms with Gasteiger partial charge in [0.25, 0.3) is 11.5 Å². The molecule has 1 amide bonds. The summed E-state index contributed by atoms with van der Waals surface area (Å²) in [6, 6.07) is 9.68. The average Bonchev–Trinajstić information content (AvgIpc) is 3.11. The summed E-state index contributed by atoms with van der Waals surface area (Å²) in [7, 11) is 1.46. The number of hydrogen-bond donors (Lipinski definition) is 1. The van der Waals surface area contributed by atoms with Crippen molar-refractivity contribution in [2.45, 2.75) is 27.3 Å². The van der Waals surface area contributed by atoms with Crippen molar-refractivity contribution in [3.05, 3.63) is 63.7 Å². The molecule has 32 heavy (non-hydrogen) atoms. The van der Waals surface area contributed by atoms with Crippen LogP contribution in [0.3, 0.4) is 0 Å². The first-order valence-corrected chi connectivity index (χ1v) is 9.98. The van der Waals surface area contributed by atoms with Crippen LogP contribution in [0.25, 0.3) is 5.82 Å². The van der Waals surface area contributed by atoms with E-state index in [9.17, 15) is 14.4 Å². The van der Waals surface area contributed by atoms with Crippen LogP contribution in [0.2, 0.25) is 0 Å². The zero-order chi connectivity index (χ0) is 23.3. The molecule has 2 heterocycles. The number of ether oxygens (including phenoxy) is 2. The zero-order valence-corrected chi connectivity index (χ0v) is 18.4. The number of amides is 1. The number of carbonyl (C=O) groups excluding carboxylic acids is 2. The van der Waals surface area contributed by atoms with Crippen LogP contribution in [-0.4, -0.2) is 51.5 Å². The summed E-state index contributed by atoms with van der Waals surface area (Å²) >= 11 is 0. The zero-order valence-electron chi connectivity index (χ0n) is 18.4. The molecule has 0 aliphatic carbocycles. The van der Waals surface area contributed by atoms with E-state index >= 15 is 0 Å². The van der Waals surface area contributed by atoms with Crippen molar-refractivity contribution in [3.8, 4) is 17.3 Å². The molecule has 0 saturated heterocycles. The minimum atomic E-state index is -0.370. The standard InChI is InChI=1S/C22H25N5O5/c1-14-11-15(2)27(24-14)20-7-8-22(30)26(25-20)10-9-23-21(29)13-32-18-6-5-17(16(3)28)12-19(18)31-4/h5-8,11-12H,9-10,13H2,1-4H3,(H,23,29). The summed E-state index contributed by atoms with van der Waals surface area (Å²) in [6.07, 6.45) is 0. The smallest absolute Gasteiger partial charge is 0.266 e. The summed E-state index contributed by atoms with van der Waals surface area (Å²) in [5.74, 6) is 0.764. The van der Waals surface area contributed by atoms with Gasteiger partial charge < -0.3 is 14.8 Å². The van der Waals surface area contributed by atoms with Gasteiger partial charge in [0.15, 0.2) is 29.7 Å². The van der Waals surface area contributed by atoms with E-state index in [2.05, 4.69) is 15.5 Å². The van der Waals surface area contributed by atoms with E-state index in [1.807, 2.05) is 19.9 Å². The van der Waals surface area contributed by atoms with Crippen LogP contribution in [0, 0.1) is 13.8 Å². The van der Waals surface area contributed by atoms with Crippen molar-refractivity contribution in [3.63, 3.8) is 0 Å². The molecule has 0 spiro atoms. The molecule has 0 bridgehead atoms. The molecule has 0 fully saturated rings. The van der Waals surface area contributed by atoms with Crippen LogP contribution in [0.5, 0.6) is 11.5 Å². The number of rotatable bonds is 9. The second kappa shape index (κ2) is 9.90. The molecule has 3 rings (SSSR count). The Morgan fingerprint density at radius 1 is 1.06 bits per heavy atom. The normalized spacial score (nSPS) is 10.6. The Bertz CT molecular complexity index is 1200. The largest absolute Gasteiger partial charge is 0.493 e. The van der Waals surface area contributed by atoms with E-state index in [0.29, 0.717) is 22.9 Å². The number of benzene rings is 1. The van der Waals surface area contributed by atoms with Crippen LogP contribution in [0.1, 0.15) is 28.7 Å². The topological polar surface area (TPSA) is 117 Å². The molecule has 0 aliphatic heterocycles. The van der Waals surface area contributed by atoms with Crippen LogP contribution in [0.15, 0.2) is 41.2 Å². The third-order valence-electron chi connectivity index (χ3n) is 4.65. The third-order valence-corrected chi connectivity index (χ3v) is 4.65. The molecule has 0 aliphatic rings. The molecule has 0 atom stereocenters. The molecule has 0 unspecified atom stereocenters. The first-order chi connectivity index (χ1) is 15.3. The Morgan fingerprint density at radius 2 is 1.84 bits per heavy atom. The van der Waals surface area contributed by atoms with Crippen molar-refractivity contribution in [2.75, 3.05) is 20.3 Å². The van der Waals surface area contributed by atoms with Gasteiger partial charge in [-0.3, -0.25) is 14.4 Å². The first-order valence-electron chi connectivity index (χ1n) is 9.98. The summed E-state index contributed by atoms with van der Waals surface area (Å²) in [6.45, 7) is 5.37. The van der Waals surface area contributed by atoms with Gasteiger partial charge in [-0.25, -0.2) is 9.36 Å². The predicted molar refractivity (Wildman–Crippen MR) is 117 cm³/mol. The van der Waals surface area contributed by atoms with Gasteiger partial charge in [0.1, 0.15) is 0 Å². The highest BCUT2D eigenvalue weighted by Gasteiger charge is 2.11. The van der Waals surface area contributed by atoms with E-state index in [1.54, 1.807) is 28.9 Å². The Hall–Kier alpha value is -3.95. The maximum atomic E-state index is 12.1. The molecule has 2 aromatic heterocycles. The molecule has 1 N–H and O–H groups in total. The number of nitrogens with zero attached hydrogens (tertiary/aromatic N) is 4. The van der Waals surface area contributed by atoms with Crippen LogP contribution in [0.4, 0.5) is 0 Å². The summed E-state index contributed by atoms with van der Waals surface area (Å²) in [5, 5.41) is 11.4. The number of aryl methyl sites for hydroxylation is 2. The lowest BCUT2D eigenvalue weighted by molar-refractivity contribution is -0.123. The minimum Gasteiger partial charge on any atom is -0.493 e. The van der Waals surface area contributed by atoms with Gasteiger partial charge in [-0.1, -0.05) is 0 Å². The van der Waals surface area contributed by atoms with E-state index in [0.717, 1.165) is 11.4 Å². The van der Waals surface area contributed by atoms with Gasteiger partial charge in [0.2, 0.25) is 0 Å². The van der Waals surface area contributed by atoms with Gasteiger partial charge in [0.05, 0.1) is 19.3 Å². The number of carbonyl (C=O) groups is 2. The average molecular weight is 439 g/mol. The summed E-state index contributed by atoms with van der Waals surface area (Å²) < 4.78 is 13.6. The number of ketones is 1. The van der Waals surface area contributed by atoms with Gasteiger partial charge in [-0.15, -0.1) is 5.10 Å². The minimum absolute atomic E-state index is 0.0987. The molecule has 1 aromatic carbocycles. The quantitative estimate of drug-likeness (QED) is 0.502. The molecule has 3 aromatic rings.